The van der Waals surface area contributed by atoms with Crippen molar-refractivity contribution in [3.63, 3.8) is 0 Å². The quantitative estimate of drug-likeness (QED) is 0.781. The highest BCUT2D eigenvalue weighted by atomic mass is 79.9. The summed E-state index contributed by atoms with van der Waals surface area (Å²) in [5.41, 5.74) is 0. The second-order valence-corrected chi connectivity index (χ2v) is 3.91. The summed E-state index contributed by atoms with van der Waals surface area (Å²) in [6.45, 7) is 6.42. The van der Waals surface area contributed by atoms with E-state index in [0.29, 0.717) is 6.04 Å². The van der Waals surface area contributed by atoms with Crippen LogP contribution >= 0.6 is 15.9 Å². The van der Waals surface area contributed by atoms with E-state index in [1.54, 1.807) is 0 Å². The van der Waals surface area contributed by atoms with E-state index < -0.39 is 0 Å². The fourth-order valence-electron chi connectivity index (χ4n) is 1.16. The standard InChI is InChI=1S/C8H14BrNO/c1-7(9)6-10-8-2-4-11-5-3-8/h8,10H,1-6H2. The molecule has 0 aliphatic carbocycles. The van der Waals surface area contributed by atoms with E-state index in [9.17, 15) is 0 Å². The van der Waals surface area contributed by atoms with Gasteiger partial charge in [-0.05, 0) is 12.8 Å². The Bertz CT molecular complexity index is 132. The molecule has 0 saturated carbocycles. The molecule has 1 N–H and O–H groups in total. The first kappa shape index (κ1) is 9.23. The lowest BCUT2D eigenvalue weighted by atomic mass is 10.1. The Labute approximate surface area is 76.1 Å². The molecule has 1 aliphatic rings. The molecule has 0 aromatic heterocycles. The Morgan fingerprint density at radius 3 is 2.73 bits per heavy atom. The first-order valence-electron chi connectivity index (χ1n) is 3.93. The second kappa shape index (κ2) is 4.91. The van der Waals surface area contributed by atoms with Crippen LogP contribution in [0.1, 0.15) is 12.8 Å². The number of nitrogens with one attached hydrogen (secondary N) is 1. The van der Waals surface area contributed by atoms with Gasteiger partial charge < -0.3 is 10.1 Å². The molecule has 0 unspecified atom stereocenters. The summed E-state index contributed by atoms with van der Waals surface area (Å²) in [5, 5.41) is 3.39. The molecule has 1 fully saturated rings. The minimum Gasteiger partial charge on any atom is -0.381 e. The van der Waals surface area contributed by atoms with E-state index in [4.69, 9.17) is 4.74 Å². The zero-order chi connectivity index (χ0) is 8.10. The average molecular weight is 220 g/mol. The van der Waals surface area contributed by atoms with Crippen molar-refractivity contribution in [3.8, 4) is 0 Å². The summed E-state index contributed by atoms with van der Waals surface area (Å²) in [5.74, 6) is 0. The molecule has 0 amide bonds. The highest BCUT2D eigenvalue weighted by Crippen LogP contribution is 2.07. The fraction of sp³-hybridized carbons (Fsp3) is 0.750. The Kier molecular flexibility index (Phi) is 4.12. The zero-order valence-electron chi connectivity index (χ0n) is 6.61. The third kappa shape index (κ3) is 3.89. The van der Waals surface area contributed by atoms with E-state index in [-0.39, 0.29) is 0 Å². The van der Waals surface area contributed by atoms with Crippen molar-refractivity contribution in [3.05, 3.63) is 11.1 Å². The van der Waals surface area contributed by atoms with E-state index >= 15 is 0 Å². The molecule has 0 aromatic rings. The molecular weight excluding hydrogens is 206 g/mol. The van der Waals surface area contributed by atoms with Gasteiger partial charge in [0.25, 0.3) is 0 Å². The summed E-state index contributed by atoms with van der Waals surface area (Å²) < 4.78 is 6.25. The summed E-state index contributed by atoms with van der Waals surface area (Å²) in [6.07, 6.45) is 2.25. The van der Waals surface area contributed by atoms with Gasteiger partial charge in [-0.25, -0.2) is 0 Å². The van der Waals surface area contributed by atoms with Gasteiger partial charge >= 0.3 is 0 Å². The Hall–Kier alpha value is 0.140. The lowest BCUT2D eigenvalue weighted by Crippen LogP contribution is -2.35. The number of hydrogen-bond acceptors (Lipinski definition) is 2. The van der Waals surface area contributed by atoms with E-state index in [1.165, 1.54) is 0 Å². The molecule has 0 radical (unpaired) electrons. The average Bonchev–Trinajstić information content (AvgIpc) is 2.03. The summed E-state index contributed by atoms with van der Waals surface area (Å²) in [6, 6.07) is 0.623. The van der Waals surface area contributed by atoms with Crippen molar-refractivity contribution in [2.45, 2.75) is 18.9 Å². The molecule has 11 heavy (non-hydrogen) atoms. The molecular formula is C8H14BrNO. The smallest absolute Gasteiger partial charge is 0.0480 e. The van der Waals surface area contributed by atoms with Crippen LogP contribution in [0.25, 0.3) is 0 Å². The van der Waals surface area contributed by atoms with Gasteiger partial charge in [0.1, 0.15) is 0 Å². The van der Waals surface area contributed by atoms with Gasteiger partial charge in [-0.15, -0.1) is 0 Å². The van der Waals surface area contributed by atoms with Gasteiger partial charge in [-0.1, -0.05) is 22.5 Å². The topological polar surface area (TPSA) is 21.3 Å². The van der Waals surface area contributed by atoms with Crippen LogP contribution in [0.4, 0.5) is 0 Å². The molecule has 0 atom stereocenters. The van der Waals surface area contributed by atoms with Gasteiger partial charge in [0, 0.05) is 30.3 Å². The number of halogens is 1. The molecule has 64 valence electrons. The lowest BCUT2D eigenvalue weighted by Gasteiger charge is -2.22. The highest BCUT2D eigenvalue weighted by Gasteiger charge is 2.11. The largest absolute Gasteiger partial charge is 0.381 e. The van der Waals surface area contributed by atoms with Crippen LogP contribution in [0.5, 0.6) is 0 Å². The predicted molar refractivity (Wildman–Crippen MR) is 49.9 cm³/mol. The van der Waals surface area contributed by atoms with Gasteiger partial charge in [0.15, 0.2) is 0 Å². The van der Waals surface area contributed by atoms with E-state index in [2.05, 4.69) is 27.8 Å². The molecule has 0 bridgehead atoms. The number of ether oxygens (including phenoxy) is 1. The first-order valence-corrected chi connectivity index (χ1v) is 4.73. The minimum absolute atomic E-state index is 0.623. The van der Waals surface area contributed by atoms with E-state index in [1.807, 2.05) is 0 Å². The van der Waals surface area contributed by atoms with Crippen molar-refractivity contribution in [1.29, 1.82) is 0 Å². The van der Waals surface area contributed by atoms with Crippen LogP contribution < -0.4 is 5.32 Å². The molecule has 3 heteroatoms. The van der Waals surface area contributed by atoms with E-state index in [0.717, 1.165) is 37.1 Å². The predicted octanol–water partition coefficient (Wildman–Crippen LogP) is 1.66. The van der Waals surface area contributed by atoms with Crippen molar-refractivity contribution in [1.82, 2.24) is 5.32 Å². The molecule has 0 spiro atoms. The molecule has 1 rings (SSSR count). The Morgan fingerprint density at radius 2 is 2.18 bits per heavy atom. The Morgan fingerprint density at radius 1 is 1.55 bits per heavy atom. The monoisotopic (exact) mass is 219 g/mol. The van der Waals surface area contributed by atoms with Gasteiger partial charge in [0.2, 0.25) is 0 Å². The maximum atomic E-state index is 5.23. The lowest BCUT2D eigenvalue weighted by molar-refractivity contribution is 0.0789. The normalized spacial score (nSPS) is 20.1. The van der Waals surface area contributed by atoms with Crippen LogP contribution in [0, 0.1) is 0 Å². The van der Waals surface area contributed by atoms with Crippen LogP contribution in [0.2, 0.25) is 0 Å². The van der Waals surface area contributed by atoms with Gasteiger partial charge in [-0.3, -0.25) is 0 Å². The fourth-order valence-corrected chi connectivity index (χ4v) is 1.32. The van der Waals surface area contributed by atoms with Gasteiger partial charge in [0.05, 0.1) is 0 Å². The first-order chi connectivity index (χ1) is 5.29. The van der Waals surface area contributed by atoms with Crippen molar-refractivity contribution in [2.75, 3.05) is 19.8 Å². The van der Waals surface area contributed by atoms with Crippen molar-refractivity contribution in [2.24, 2.45) is 0 Å². The summed E-state index contributed by atoms with van der Waals surface area (Å²) in [4.78, 5) is 0. The maximum absolute atomic E-state index is 5.23. The van der Waals surface area contributed by atoms with Crippen molar-refractivity contribution < 1.29 is 4.74 Å². The maximum Gasteiger partial charge on any atom is 0.0480 e. The molecule has 1 heterocycles. The minimum atomic E-state index is 0.623. The molecule has 1 aliphatic heterocycles. The highest BCUT2D eigenvalue weighted by molar-refractivity contribution is 9.11. The van der Waals surface area contributed by atoms with Gasteiger partial charge in [-0.2, -0.15) is 0 Å². The summed E-state index contributed by atoms with van der Waals surface area (Å²) in [7, 11) is 0. The Balaban J connectivity index is 2.09. The van der Waals surface area contributed by atoms with Crippen LogP contribution in [0.3, 0.4) is 0 Å². The molecule has 1 saturated heterocycles. The van der Waals surface area contributed by atoms with Crippen LogP contribution in [0.15, 0.2) is 11.1 Å². The molecule has 0 aromatic carbocycles. The third-order valence-corrected chi connectivity index (χ3v) is 2.08. The molecule has 2 nitrogen and oxygen atoms in total. The number of rotatable bonds is 3. The van der Waals surface area contributed by atoms with Crippen molar-refractivity contribution >= 4 is 15.9 Å². The SMILES string of the molecule is C=C(Br)CNC1CCOCC1. The summed E-state index contributed by atoms with van der Waals surface area (Å²) >= 11 is 3.31. The third-order valence-electron chi connectivity index (χ3n) is 1.80. The second-order valence-electron chi connectivity index (χ2n) is 2.78. The number of hydrogen-bond donors (Lipinski definition) is 1. The van der Waals surface area contributed by atoms with Crippen LogP contribution in [-0.4, -0.2) is 25.8 Å². The van der Waals surface area contributed by atoms with Crippen LogP contribution in [-0.2, 0) is 4.74 Å². The zero-order valence-corrected chi connectivity index (χ0v) is 8.19.